The molecule has 1 aliphatic heterocycles. The highest BCUT2D eigenvalue weighted by Gasteiger charge is 1.95. The van der Waals surface area contributed by atoms with E-state index in [1.807, 2.05) is 13.1 Å². The lowest BCUT2D eigenvalue weighted by molar-refractivity contribution is 0.123. The standard InChI is InChI=1S/C9H18O.C2H7N3Si/c1-2-4-6-8-10-9-7-5-3-1;1-6(2)5-4-3/h1-9H2;6H,1-2H3. The summed E-state index contributed by atoms with van der Waals surface area (Å²) in [5.74, 6) is 0. The summed E-state index contributed by atoms with van der Waals surface area (Å²) in [6, 6.07) is 0. The molecular formula is C11H25N3OSi. The van der Waals surface area contributed by atoms with Crippen molar-refractivity contribution in [2.24, 2.45) is 4.78 Å². The fourth-order valence-electron chi connectivity index (χ4n) is 1.50. The molecule has 0 unspecified atom stereocenters. The van der Waals surface area contributed by atoms with Gasteiger partial charge in [-0.05, 0) is 23.3 Å². The van der Waals surface area contributed by atoms with E-state index >= 15 is 0 Å². The predicted molar refractivity (Wildman–Crippen MR) is 71.2 cm³/mol. The molecule has 1 aliphatic rings. The van der Waals surface area contributed by atoms with Gasteiger partial charge in [0.2, 0.25) is 0 Å². The van der Waals surface area contributed by atoms with E-state index in [1.165, 1.54) is 44.9 Å². The lowest BCUT2D eigenvalue weighted by Crippen LogP contribution is -1.98. The van der Waals surface area contributed by atoms with Gasteiger partial charge in [-0.2, -0.15) is 0 Å². The van der Waals surface area contributed by atoms with Gasteiger partial charge in [0.25, 0.3) is 0 Å². The van der Waals surface area contributed by atoms with Crippen LogP contribution < -0.4 is 0 Å². The molecule has 4 nitrogen and oxygen atoms in total. The maximum atomic E-state index is 7.73. The van der Waals surface area contributed by atoms with Crippen molar-refractivity contribution in [2.75, 3.05) is 13.2 Å². The summed E-state index contributed by atoms with van der Waals surface area (Å²) < 4.78 is 8.85. The maximum absolute atomic E-state index is 7.73. The molecule has 0 aromatic carbocycles. The van der Waals surface area contributed by atoms with Crippen LogP contribution in [0.4, 0.5) is 0 Å². The average molecular weight is 243 g/mol. The van der Waals surface area contributed by atoms with E-state index < -0.39 is 8.96 Å². The second-order valence-corrected chi connectivity index (χ2v) is 6.80. The monoisotopic (exact) mass is 243 g/mol. The molecule has 0 amide bonds. The first-order chi connectivity index (χ1) is 7.77. The zero-order valence-corrected chi connectivity index (χ0v) is 11.8. The van der Waals surface area contributed by atoms with Crippen LogP contribution >= 0.6 is 0 Å². The van der Waals surface area contributed by atoms with Gasteiger partial charge in [-0.1, -0.05) is 45.2 Å². The fraction of sp³-hybridized carbons (Fsp3) is 1.00. The molecule has 1 saturated heterocycles. The summed E-state index contributed by atoms with van der Waals surface area (Å²) >= 11 is 0. The molecule has 0 radical (unpaired) electrons. The molecule has 5 heteroatoms. The summed E-state index contributed by atoms with van der Waals surface area (Å²) in [7, 11) is -0.962. The van der Waals surface area contributed by atoms with Crippen molar-refractivity contribution in [2.45, 2.75) is 58.0 Å². The van der Waals surface area contributed by atoms with E-state index in [0.29, 0.717) is 0 Å². The minimum Gasteiger partial charge on any atom is -0.381 e. The van der Waals surface area contributed by atoms with Crippen molar-refractivity contribution in [3.8, 4) is 0 Å². The largest absolute Gasteiger partial charge is 0.381 e. The lowest BCUT2D eigenvalue weighted by atomic mass is 10.1. The number of azide groups is 1. The van der Waals surface area contributed by atoms with Crippen molar-refractivity contribution in [1.82, 2.24) is 0 Å². The minimum absolute atomic E-state index is 0.962. The fourth-order valence-corrected chi connectivity index (χ4v) is 1.70. The summed E-state index contributed by atoms with van der Waals surface area (Å²) in [5.41, 5.74) is 7.73. The highest BCUT2D eigenvalue weighted by Crippen LogP contribution is 2.09. The highest BCUT2D eigenvalue weighted by molar-refractivity contribution is 6.53. The average Bonchev–Trinajstić information content (AvgIpc) is 2.27. The van der Waals surface area contributed by atoms with Crippen LogP contribution in [0.15, 0.2) is 4.78 Å². The molecular weight excluding hydrogens is 218 g/mol. The van der Waals surface area contributed by atoms with Crippen LogP contribution in [-0.4, -0.2) is 22.2 Å². The number of ether oxygens (including phenoxy) is 1. The molecule has 94 valence electrons. The third-order valence-electron chi connectivity index (χ3n) is 2.36. The number of nitrogens with zero attached hydrogens (tertiary/aromatic N) is 3. The van der Waals surface area contributed by atoms with Gasteiger partial charge in [-0.3, -0.25) is 0 Å². The van der Waals surface area contributed by atoms with Crippen LogP contribution in [0.25, 0.3) is 10.4 Å². The Morgan fingerprint density at radius 3 is 1.69 bits per heavy atom. The van der Waals surface area contributed by atoms with Crippen LogP contribution in [-0.2, 0) is 4.74 Å². The van der Waals surface area contributed by atoms with Crippen molar-refractivity contribution >= 4 is 8.96 Å². The molecule has 1 rings (SSSR count). The third kappa shape index (κ3) is 13.5. The molecule has 0 aromatic rings. The Labute approximate surface area is 101 Å². The van der Waals surface area contributed by atoms with Crippen molar-refractivity contribution in [3.05, 3.63) is 10.4 Å². The second kappa shape index (κ2) is 12.6. The number of rotatable bonds is 1. The van der Waals surface area contributed by atoms with Crippen LogP contribution in [0.3, 0.4) is 0 Å². The first-order valence-electron chi connectivity index (χ1n) is 6.39. The first kappa shape index (κ1) is 15.5. The Balaban J connectivity index is 0.000000325. The normalized spacial score (nSPS) is 17.9. The molecule has 1 fully saturated rings. The molecule has 1 heterocycles. The van der Waals surface area contributed by atoms with Crippen molar-refractivity contribution in [1.29, 1.82) is 0 Å². The van der Waals surface area contributed by atoms with Gasteiger partial charge < -0.3 is 4.74 Å². The Hall–Kier alpha value is -0.513. The summed E-state index contributed by atoms with van der Waals surface area (Å²) in [6.07, 6.45) is 9.59. The lowest BCUT2D eigenvalue weighted by Gasteiger charge is -2.07. The smallest absolute Gasteiger partial charge is 0.134 e. The van der Waals surface area contributed by atoms with Gasteiger partial charge in [-0.25, -0.2) is 0 Å². The molecule has 0 saturated carbocycles. The Kier molecular flexibility index (Phi) is 12.2. The van der Waals surface area contributed by atoms with E-state index in [0.717, 1.165) is 13.2 Å². The maximum Gasteiger partial charge on any atom is 0.134 e. The van der Waals surface area contributed by atoms with Crippen molar-refractivity contribution < 1.29 is 4.74 Å². The van der Waals surface area contributed by atoms with E-state index in [9.17, 15) is 0 Å². The van der Waals surface area contributed by atoms with Gasteiger partial charge in [0.05, 0.1) is 0 Å². The zero-order valence-electron chi connectivity index (χ0n) is 10.7. The van der Waals surface area contributed by atoms with E-state index in [-0.39, 0.29) is 0 Å². The summed E-state index contributed by atoms with van der Waals surface area (Å²) in [4.78, 5) is 2.62. The predicted octanol–water partition coefficient (Wildman–Crippen LogP) is 4.03. The minimum atomic E-state index is -0.962. The van der Waals surface area contributed by atoms with Crippen LogP contribution in [0.5, 0.6) is 0 Å². The number of hydrogen-bond acceptors (Lipinski definition) is 2. The van der Waals surface area contributed by atoms with E-state index in [4.69, 9.17) is 10.3 Å². The Morgan fingerprint density at radius 2 is 1.38 bits per heavy atom. The van der Waals surface area contributed by atoms with Crippen LogP contribution in [0.1, 0.15) is 44.9 Å². The van der Waals surface area contributed by atoms with E-state index in [1.54, 1.807) is 0 Å². The van der Waals surface area contributed by atoms with Gasteiger partial charge in [0.1, 0.15) is 8.96 Å². The summed E-state index contributed by atoms with van der Waals surface area (Å²) in [6.45, 7) is 5.94. The first-order valence-corrected chi connectivity index (χ1v) is 9.22. The molecule has 0 N–H and O–H groups in total. The SMILES string of the molecule is C1CCCCOCCCC1.C[SiH](C)N=[N+]=[N-]. The Morgan fingerprint density at radius 1 is 0.938 bits per heavy atom. The van der Waals surface area contributed by atoms with E-state index in [2.05, 4.69) is 9.69 Å². The van der Waals surface area contributed by atoms with Crippen LogP contribution in [0, 0.1) is 0 Å². The Bertz CT molecular complexity index is 160. The molecule has 0 aliphatic carbocycles. The molecule has 0 bridgehead atoms. The quantitative estimate of drug-likeness (QED) is 0.297. The topological polar surface area (TPSA) is 58.0 Å². The second-order valence-electron chi connectivity index (χ2n) is 4.39. The third-order valence-corrected chi connectivity index (χ3v) is 2.93. The van der Waals surface area contributed by atoms with Crippen molar-refractivity contribution in [3.63, 3.8) is 0 Å². The van der Waals surface area contributed by atoms with Gasteiger partial charge >= 0.3 is 0 Å². The number of hydrogen-bond donors (Lipinski definition) is 0. The summed E-state index contributed by atoms with van der Waals surface area (Å²) in [5, 5.41) is 0. The van der Waals surface area contributed by atoms with Gasteiger partial charge in [0, 0.05) is 13.2 Å². The highest BCUT2D eigenvalue weighted by atomic mass is 28.3. The van der Waals surface area contributed by atoms with Gasteiger partial charge in [-0.15, -0.1) is 4.78 Å². The molecule has 0 aromatic heterocycles. The molecule has 0 spiro atoms. The van der Waals surface area contributed by atoms with Crippen LogP contribution in [0.2, 0.25) is 13.1 Å². The molecule has 0 atom stereocenters. The van der Waals surface area contributed by atoms with Gasteiger partial charge in [0.15, 0.2) is 0 Å². The molecule has 16 heavy (non-hydrogen) atoms. The zero-order chi connectivity index (χ0) is 12.1.